The molecule has 0 N–H and O–H groups in total. The van der Waals surface area contributed by atoms with E-state index >= 15 is 0 Å². The fourth-order valence-corrected chi connectivity index (χ4v) is 4.09. The summed E-state index contributed by atoms with van der Waals surface area (Å²) in [5, 5.41) is 1.75. The molecule has 0 saturated carbocycles. The summed E-state index contributed by atoms with van der Waals surface area (Å²) in [4.78, 5) is 5.04. The molecule has 1 aromatic rings. The maximum Gasteiger partial charge on any atom is 0.0642 e. The normalized spacial score (nSPS) is 27.6. The van der Waals surface area contributed by atoms with Gasteiger partial charge in [0.2, 0.25) is 0 Å². The van der Waals surface area contributed by atoms with Gasteiger partial charge in [0.25, 0.3) is 0 Å². The average Bonchev–Trinajstić information content (AvgIpc) is 2.64. The summed E-state index contributed by atoms with van der Waals surface area (Å²) >= 11 is 9.94. The zero-order chi connectivity index (χ0) is 13.4. The highest BCUT2D eigenvalue weighted by Crippen LogP contribution is 2.34. The van der Waals surface area contributed by atoms with E-state index in [1.54, 1.807) is 0 Å². The number of benzene rings is 1. The lowest BCUT2D eigenvalue weighted by Gasteiger charge is -2.28. The predicted octanol–water partition coefficient (Wildman–Crippen LogP) is 3.91. The highest BCUT2D eigenvalue weighted by molar-refractivity contribution is 9.08. The van der Waals surface area contributed by atoms with Gasteiger partial charge in [-0.2, -0.15) is 0 Å². The number of hydrogen-bond donors (Lipinski definition) is 0. The minimum atomic E-state index is 0.694. The minimum absolute atomic E-state index is 0.694. The molecule has 0 aromatic heterocycles. The Bertz CT molecular complexity index is 465. The molecule has 2 bridgehead atoms. The Morgan fingerprint density at radius 1 is 1.26 bits per heavy atom. The Hall–Kier alpha value is -0.250. The van der Waals surface area contributed by atoms with Gasteiger partial charge in [-0.1, -0.05) is 33.6 Å². The fourth-order valence-electron chi connectivity index (χ4n) is 3.42. The van der Waals surface area contributed by atoms with Crippen LogP contribution in [0.2, 0.25) is 5.02 Å². The predicted molar refractivity (Wildman–Crippen MR) is 85.5 cm³/mol. The maximum absolute atomic E-state index is 6.46. The summed E-state index contributed by atoms with van der Waals surface area (Å²) < 4.78 is 0. The largest absolute Gasteiger partial charge is 0.369 e. The third kappa shape index (κ3) is 2.65. The van der Waals surface area contributed by atoms with Crippen LogP contribution in [-0.2, 0) is 5.33 Å². The molecular weight excluding hydrogens is 324 g/mol. The second kappa shape index (κ2) is 5.63. The number of likely N-dealkylation sites (N-methyl/N-ethyl adjacent to an activating group) is 1. The van der Waals surface area contributed by atoms with Crippen molar-refractivity contribution < 1.29 is 0 Å². The van der Waals surface area contributed by atoms with Gasteiger partial charge in [0.15, 0.2) is 0 Å². The standard InChI is InChI=1S/C15H20BrClN2/c1-18-12-3-4-13(18)10-19(7-6-12)15-5-2-11(9-16)8-14(15)17/h2,5,8,12-13H,3-4,6-7,9-10H2,1H3. The molecule has 2 saturated heterocycles. The number of anilines is 1. The molecule has 0 aliphatic carbocycles. The average molecular weight is 344 g/mol. The molecule has 2 fully saturated rings. The molecule has 0 radical (unpaired) electrons. The smallest absolute Gasteiger partial charge is 0.0642 e. The van der Waals surface area contributed by atoms with Crippen molar-refractivity contribution in [2.45, 2.75) is 36.7 Å². The lowest BCUT2D eigenvalue weighted by atomic mass is 10.1. The molecule has 2 atom stereocenters. The summed E-state index contributed by atoms with van der Waals surface area (Å²) in [6.45, 7) is 2.24. The van der Waals surface area contributed by atoms with Gasteiger partial charge in [0.05, 0.1) is 10.7 Å². The van der Waals surface area contributed by atoms with Gasteiger partial charge >= 0.3 is 0 Å². The van der Waals surface area contributed by atoms with E-state index in [0.29, 0.717) is 6.04 Å². The van der Waals surface area contributed by atoms with Gasteiger partial charge in [-0.3, -0.25) is 4.90 Å². The Balaban J connectivity index is 1.82. The van der Waals surface area contributed by atoms with Crippen LogP contribution >= 0.6 is 27.5 Å². The Kier molecular flexibility index (Phi) is 4.06. The quantitative estimate of drug-likeness (QED) is 0.751. The molecule has 4 heteroatoms. The third-order valence-corrected chi connectivity index (χ3v) is 5.61. The Labute approximate surface area is 128 Å². The molecule has 2 unspecified atom stereocenters. The molecule has 3 rings (SSSR count). The van der Waals surface area contributed by atoms with Crippen LogP contribution in [0.4, 0.5) is 5.69 Å². The molecule has 1 aromatic carbocycles. The van der Waals surface area contributed by atoms with Crippen molar-refractivity contribution >= 4 is 33.2 Å². The fraction of sp³-hybridized carbons (Fsp3) is 0.600. The molecule has 2 aliphatic heterocycles. The summed E-state index contributed by atoms with van der Waals surface area (Å²) in [6.07, 6.45) is 3.95. The van der Waals surface area contributed by atoms with E-state index in [9.17, 15) is 0 Å². The van der Waals surface area contributed by atoms with Gasteiger partial charge in [0, 0.05) is 30.5 Å². The molecule has 2 aliphatic rings. The van der Waals surface area contributed by atoms with E-state index in [-0.39, 0.29) is 0 Å². The van der Waals surface area contributed by atoms with Gasteiger partial charge in [-0.15, -0.1) is 0 Å². The van der Waals surface area contributed by atoms with Gasteiger partial charge in [0.1, 0.15) is 0 Å². The first kappa shape index (κ1) is 13.7. The monoisotopic (exact) mass is 342 g/mol. The number of alkyl halides is 1. The van der Waals surface area contributed by atoms with E-state index in [4.69, 9.17) is 11.6 Å². The van der Waals surface area contributed by atoms with E-state index in [1.165, 1.54) is 30.5 Å². The molecule has 2 nitrogen and oxygen atoms in total. The van der Waals surface area contributed by atoms with Crippen LogP contribution in [0.25, 0.3) is 0 Å². The lowest BCUT2D eigenvalue weighted by molar-refractivity contribution is 0.254. The first-order valence-electron chi connectivity index (χ1n) is 7.00. The first-order chi connectivity index (χ1) is 9.19. The van der Waals surface area contributed by atoms with Crippen molar-refractivity contribution in [3.8, 4) is 0 Å². The molecule has 0 amide bonds. The number of halogens is 2. The number of nitrogens with zero attached hydrogens (tertiary/aromatic N) is 2. The minimum Gasteiger partial charge on any atom is -0.369 e. The summed E-state index contributed by atoms with van der Waals surface area (Å²) in [7, 11) is 2.28. The van der Waals surface area contributed by atoms with Crippen molar-refractivity contribution in [2.75, 3.05) is 25.0 Å². The SMILES string of the molecule is CN1C2CCC1CN(c1ccc(CBr)cc1Cl)CC2. The number of fused-ring (bicyclic) bond motifs is 2. The van der Waals surface area contributed by atoms with Gasteiger partial charge in [-0.25, -0.2) is 0 Å². The van der Waals surface area contributed by atoms with E-state index in [0.717, 1.165) is 29.5 Å². The van der Waals surface area contributed by atoms with E-state index < -0.39 is 0 Å². The maximum atomic E-state index is 6.46. The van der Waals surface area contributed by atoms with Crippen LogP contribution in [0.5, 0.6) is 0 Å². The van der Waals surface area contributed by atoms with Crippen LogP contribution in [0.1, 0.15) is 24.8 Å². The number of hydrogen-bond acceptors (Lipinski definition) is 2. The number of rotatable bonds is 2. The van der Waals surface area contributed by atoms with Crippen molar-refractivity contribution in [1.29, 1.82) is 0 Å². The van der Waals surface area contributed by atoms with Gasteiger partial charge < -0.3 is 4.90 Å². The van der Waals surface area contributed by atoms with Crippen LogP contribution in [0.15, 0.2) is 18.2 Å². The molecule has 0 spiro atoms. The summed E-state index contributed by atoms with van der Waals surface area (Å²) in [6, 6.07) is 7.90. The second-order valence-electron chi connectivity index (χ2n) is 5.70. The van der Waals surface area contributed by atoms with Gasteiger partial charge in [-0.05, 0) is 44.0 Å². The zero-order valence-corrected chi connectivity index (χ0v) is 13.6. The molecule has 19 heavy (non-hydrogen) atoms. The third-order valence-electron chi connectivity index (χ3n) is 4.66. The van der Waals surface area contributed by atoms with Crippen LogP contribution in [0, 0.1) is 0 Å². The highest BCUT2D eigenvalue weighted by Gasteiger charge is 2.34. The summed E-state index contributed by atoms with van der Waals surface area (Å²) in [5.74, 6) is 0. The van der Waals surface area contributed by atoms with E-state index in [1.807, 2.05) is 0 Å². The Morgan fingerprint density at radius 3 is 2.79 bits per heavy atom. The highest BCUT2D eigenvalue weighted by atomic mass is 79.9. The molecule has 104 valence electrons. The van der Waals surface area contributed by atoms with Crippen molar-refractivity contribution in [3.63, 3.8) is 0 Å². The summed E-state index contributed by atoms with van der Waals surface area (Å²) in [5.41, 5.74) is 2.44. The van der Waals surface area contributed by atoms with Crippen LogP contribution < -0.4 is 4.90 Å². The van der Waals surface area contributed by atoms with Crippen LogP contribution in [0.3, 0.4) is 0 Å². The zero-order valence-electron chi connectivity index (χ0n) is 11.3. The topological polar surface area (TPSA) is 6.48 Å². The first-order valence-corrected chi connectivity index (χ1v) is 8.50. The molecule has 2 heterocycles. The lowest BCUT2D eigenvalue weighted by Crippen LogP contribution is -2.36. The van der Waals surface area contributed by atoms with Crippen LogP contribution in [-0.4, -0.2) is 37.1 Å². The van der Waals surface area contributed by atoms with Crippen molar-refractivity contribution in [3.05, 3.63) is 28.8 Å². The van der Waals surface area contributed by atoms with Crippen molar-refractivity contribution in [1.82, 2.24) is 4.90 Å². The molecular formula is C15H20BrClN2. The second-order valence-corrected chi connectivity index (χ2v) is 6.67. The van der Waals surface area contributed by atoms with E-state index in [2.05, 4.69) is 51.0 Å². The van der Waals surface area contributed by atoms with Crippen molar-refractivity contribution in [2.24, 2.45) is 0 Å². The Morgan fingerprint density at radius 2 is 2.05 bits per heavy atom.